The normalized spacial score (nSPS) is 19.1. The minimum atomic E-state index is 0.0594. The van der Waals surface area contributed by atoms with Gasteiger partial charge < -0.3 is 20.9 Å². The number of anilines is 1. The second-order valence-corrected chi connectivity index (χ2v) is 5.87. The summed E-state index contributed by atoms with van der Waals surface area (Å²) in [5, 5.41) is 2.96. The molecule has 0 spiro atoms. The van der Waals surface area contributed by atoms with Gasteiger partial charge in [0.1, 0.15) is 0 Å². The molecule has 0 saturated carbocycles. The fourth-order valence-corrected chi connectivity index (χ4v) is 2.73. The number of hydrogen-bond donors (Lipinski definition) is 2. The quantitative estimate of drug-likeness (QED) is 0.824. The van der Waals surface area contributed by atoms with Gasteiger partial charge in [0.15, 0.2) is 0 Å². The molecule has 1 atom stereocenters. The lowest BCUT2D eigenvalue weighted by Gasteiger charge is -2.20. The Balaban J connectivity index is 1.78. The lowest BCUT2D eigenvalue weighted by Crippen LogP contribution is -2.32. The molecule has 5 heteroatoms. The van der Waals surface area contributed by atoms with Crippen molar-refractivity contribution in [2.24, 2.45) is 5.73 Å². The molecular formula is C16H26N4O. The van der Waals surface area contributed by atoms with E-state index in [1.807, 2.05) is 24.3 Å². The largest absolute Gasteiger partial charge is 0.326 e. The number of nitrogens with zero attached hydrogens (tertiary/aromatic N) is 2. The van der Waals surface area contributed by atoms with E-state index in [0.717, 1.165) is 30.9 Å². The van der Waals surface area contributed by atoms with Gasteiger partial charge in [0.2, 0.25) is 5.91 Å². The molecule has 116 valence electrons. The zero-order chi connectivity index (χ0) is 15.2. The van der Waals surface area contributed by atoms with Crippen LogP contribution in [0.15, 0.2) is 24.3 Å². The van der Waals surface area contributed by atoms with Crippen molar-refractivity contribution in [1.82, 2.24) is 9.80 Å². The van der Waals surface area contributed by atoms with Crippen LogP contribution in [0.1, 0.15) is 18.4 Å². The van der Waals surface area contributed by atoms with Crippen molar-refractivity contribution in [2.45, 2.75) is 25.4 Å². The van der Waals surface area contributed by atoms with Crippen LogP contribution in [0.3, 0.4) is 0 Å². The average molecular weight is 290 g/mol. The Kier molecular flexibility index (Phi) is 5.73. The molecule has 1 saturated heterocycles. The number of rotatable bonds is 6. The summed E-state index contributed by atoms with van der Waals surface area (Å²) in [4.78, 5) is 16.7. The predicted molar refractivity (Wildman–Crippen MR) is 86.1 cm³/mol. The van der Waals surface area contributed by atoms with Crippen molar-refractivity contribution in [1.29, 1.82) is 0 Å². The molecule has 1 aliphatic heterocycles. The highest BCUT2D eigenvalue weighted by atomic mass is 16.1. The van der Waals surface area contributed by atoms with Gasteiger partial charge in [-0.25, -0.2) is 0 Å². The third-order valence-electron chi connectivity index (χ3n) is 4.14. The molecule has 1 aromatic carbocycles. The van der Waals surface area contributed by atoms with Gasteiger partial charge in [0.25, 0.3) is 0 Å². The molecule has 1 fully saturated rings. The number of amides is 1. The maximum atomic E-state index is 12.1. The zero-order valence-electron chi connectivity index (χ0n) is 13.0. The van der Waals surface area contributed by atoms with Crippen molar-refractivity contribution in [2.75, 3.05) is 39.0 Å². The van der Waals surface area contributed by atoms with E-state index < -0.39 is 0 Å². The van der Waals surface area contributed by atoms with Gasteiger partial charge in [-0.2, -0.15) is 0 Å². The van der Waals surface area contributed by atoms with Gasteiger partial charge in [0.05, 0.1) is 0 Å². The Morgan fingerprint density at radius 3 is 2.86 bits per heavy atom. The summed E-state index contributed by atoms with van der Waals surface area (Å²) in [6, 6.07) is 8.31. The zero-order valence-corrected chi connectivity index (χ0v) is 13.0. The second kappa shape index (κ2) is 7.54. The molecule has 0 aliphatic carbocycles. The molecule has 1 amide bonds. The first-order chi connectivity index (χ1) is 10.1. The van der Waals surface area contributed by atoms with E-state index in [1.165, 1.54) is 6.42 Å². The van der Waals surface area contributed by atoms with Crippen LogP contribution in [0.2, 0.25) is 0 Å². The number of carbonyl (C=O) groups is 1. The molecule has 1 heterocycles. The SMILES string of the molecule is CN(C)C1CCN(CCC(=O)Nc2ccccc2CN)C1. The van der Waals surface area contributed by atoms with Gasteiger partial charge >= 0.3 is 0 Å². The Morgan fingerprint density at radius 1 is 1.43 bits per heavy atom. The van der Waals surface area contributed by atoms with Gasteiger partial charge in [-0.1, -0.05) is 18.2 Å². The van der Waals surface area contributed by atoms with Crippen molar-refractivity contribution in [3.63, 3.8) is 0 Å². The van der Waals surface area contributed by atoms with Gasteiger partial charge in [-0.05, 0) is 38.7 Å². The minimum Gasteiger partial charge on any atom is -0.326 e. The molecule has 2 rings (SSSR count). The van der Waals surface area contributed by atoms with Crippen LogP contribution >= 0.6 is 0 Å². The van der Waals surface area contributed by atoms with E-state index in [4.69, 9.17) is 5.73 Å². The molecule has 5 nitrogen and oxygen atoms in total. The standard InChI is InChI=1S/C16H26N4O/c1-19(2)14-7-9-20(12-14)10-8-16(21)18-15-6-4-3-5-13(15)11-17/h3-6,14H,7-12,17H2,1-2H3,(H,18,21). The minimum absolute atomic E-state index is 0.0594. The predicted octanol–water partition coefficient (Wildman–Crippen LogP) is 1.11. The van der Waals surface area contributed by atoms with Crippen LogP contribution in [0, 0.1) is 0 Å². The Hall–Kier alpha value is -1.43. The lowest BCUT2D eigenvalue weighted by atomic mass is 10.1. The first-order valence-electron chi connectivity index (χ1n) is 7.56. The number of hydrogen-bond acceptors (Lipinski definition) is 4. The summed E-state index contributed by atoms with van der Waals surface area (Å²) in [7, 11) is 4.23. The lowest BCUT2D eigenvalue weighted by molar-refractivity contribution is -0.116. The second-order valence-electron chi connectivity index (χ2n) is 5.87. The monoisotopic (exact) mass is 290 g/mol. The van der Waals surface area contributed by atoms with E-state index in [2.05, 4.69) is 29.2 Å². The smallest absolute Gasteiger partial charge is 0.225 e. The summed E-state index contributed by atoms with van der Waals surface area (Å²) in [6.07, 6.45) is 1.71. The molecule has 0 bridgehead atoms. The maximum absolute atomic E-state index is 12.1. The van der Waals surface area contributed by atoms with Crippen molar-refractivity contribution < 1.29 is 4.79 Å². The van der Waals surface area contributed by atoms with Crippen LogP contribution in [0.4, 0.5) is 5.69 Å². The molecule has 1 unspecified atom stereocenters. The van der Waals surface area contributed by atoms with Crippen LogP contribution in [-0.4, -0.2) is 55.5 Å². The van der Waals surface area contributed by atoms with Crippen molar-refractivity contribution in [3.8, 4) is 0 Å². The van der Waals surface area contributed by atoms with Crippen LogP contribution in [0.5, 0.6) is 0 Å². The van der Waals surface area contributed by atoms with Gasteiger partial charge in [-0.15, -0.1) is 0 Å². The van der Waals surface area contributed by atoms with E-state index in [0.29, 0.717) is 19.0 Å². The highest BCUT2D eigenvalue weighted by Gasteiger charge is 2.23. The first-order valence-corrected chi connectivity index (χ1v) is 7.56. The average Bonchev–Trinajstić information content (AvgIpc) is 2.95. The highest BCUT2D eigenvalue weighted by Crippen LogP contribution is 2.16. The topological polar surface area (TPSA) is 61.6 Å². The molecule has 1 aromatic rings. The number of benzene rings is 1. The maximum Gasteiger partial charge on any atom is 0.225 e. The van der Waals surface area contributed by atoms with E-state index >= 15 is 0 Å². The molecule has 3 N–H and O–H groups in total. The number of nitrogens with one attached hydrogen (secondary N) is 1. The summed E-state index contributed by atoms with van der Waals surface area (Å²) in [6.45, 7) is 3.39. The van der Waals surface area contributed by atoms with Crippen molar-refractivity contribution >= 4 is 11.6 Å². The number of likely N-dealkylation sites (tertiary alicyclic amines) is 1. The highest BCUT2D eigenvalue weighted by molar-refractivity contribution is 5.91. The molecule has 21 heavy (non-hydrogen) atoms. The molecule has 0 aromatic heterocycles. The third kappa shape index (κ3) is 4.52. The van der Waals surface area contributed by atoms with Crippen LogP contribution < -0.4 is 11.1 Å². The third-order valence-corrected chi connectivity index (χ3v) is 4.14. The summed E-state index contributed by atoms with van der Waals surface area (Å²) >= 11 is 0. The fraction of sp³-hybridized carbons (Fsp3) is 0.562. The van der Waals surface area contributed by atoms with Crippen LogP contribution in [-0.2, 0) is 11.3 Å². The van der Waals surface area contributed by atoms with E-state index in [-0.39, 0.29) is 5.91 Å². The Morgan fingerprint density at radius 2 is 2.19 bits per heavy atom. The number of nitrogens with two attached hydrogens (primary N) is 1. The van der Waals surface area contributed by atoms with E-state index in [1.54, 1.807) is 0 Å². The molecule has 1 aliphatic rings. The van der Waals surface area contributed by atoms with Gasteiger partial charge in [-0.3, -0.25) is 4.79 Å². The van der Waals surface area contributed by atoms with Crippen molar-refractivity contribution in [3.05, 3.63) is 29.8 Å². The Bertz CT molecular complexity index is 475. The molecular weight excluding hydrogens is 264 g/mol. The number of para-hydroxylation sites is 1. The number of likely N-dealkylation sites (N-methyl/N-ethyl adjacent to an activating group) is 1. The molecule has 0 radical (unpaired) electrons. The first kappa shape index (κ1) is 15.9. The summed E-state index contributed by atoms with van der Waals surface area (Å²) in [5.74, 6) is 0.0594. The van der Waals surface area contributed by atoms with Gasteiger partial charge in [0, 0.05) is 37.8 Å². The Labute approximate surface area is 127 Å². The fourth-order valence-electron chi connectivity index (χ4n) is 2.73. The van der Waals surface area contributed by atoms with Crippen LogP contribution in [0.25, 0.3) is 0 Å². The summed E-state index contributed by atoms with van der Waals surface area (Å²) < 4.78 is 0. The van der Waals surface area contributed by atoms with E-state index in [9.17, 15) is 4.79 Å². The summed E-state index contributed by atoms with van der Waals surface area (Å²) in [5.41, 5.74) is 7.48. The number of carbonyl (C=O) groups excluding carboxylic acids is 1.